The Balaban J connectivity index is 1.62. The summed E-state index contributed by atoms with van der Waals surface area (Å²) >= 11 is 1.57. The number of benzene rings is 2. The third-order valence-electron chi connectivity index (χ3n) is 4.78. The number of carbonyl (C=O) groups is 1. The highest BCUT2D eigenvalue weighted by Gasteiger charge is 2.14. The van der Waals surface area contributed by atoms with Gasteiger partial charge in [-0.05, 0) is 65.2 Å². The fourth-order valence-electron chi connectivity index (χ4n) is 3.33. The summed E-state index contributed by atoms with van der Waals surface area (Å²) in [7, 11) is 0. The molecule has 1 saturated heterocycles. The zero-order valence-electron chi connectivity index (χ0n) is 14.1. The van der Waals surface area contributed by atoms with Gasteiger partial charge >= 0.3 is 0 Å². The second kappa shape index (κ2) is 6.92. The lowest BCUT2D eigenvalue weighted by Crippen LogP contribution is -2.17. The number of carbonyl (C=O) groups excluding carboxylic acids is 1. The molecule has 4 rings (SSSR count). The molecule has 132 valence electrons. The van der Waals surface area contributed by atoms with Gasteiger partial charge in [0.2, 0.25) is 0 Å². The van der Waals surface area contributed by atoms with E-state index in [0.29, 0.717) is 11.8 Å². The first-order valence-electron chi connectivity index (χ1n) is 8.57. The molecule has 0 bridgehead atoms. The second-order valence-corrected chi connectivity index (χ2v) is 7.37. The molecule has 5 heteroatoms. The van der Waals surface area contributed by atoms with E-state index in [1.165, 1.54) is 30.7 Å². The number of hydrogen-bond acceptors (Lipinski definition) is 4. The third kappa shape index (κ3) is 3.10. The zero-order valence-corrected chi connectivity index (χ0v) is 14.9. The van der Waals surface area contributed by atoms with Gasteiger partial charge in [0.05, 0.1) is 5.56 Å². The summed E-state index contributed by atoms with van der Waals surface area (Å²) in [5, 5.41) is 11.5. The Labute approximate surface area is 155 Å². The van der Waals surface area contributed by atoms with Crippen molar-refractivity contribution in [1.29, 1.82) is 0 Å². The first-order valence-corrected chi connectivity index (χ1v) is 9.45. The van der Waals surface area contributed by atoms with Crippen LogP contribution >= 0.6 is 11.3 Å². The van der Waals surface area contributed by atoms with E-state index in [1.807, 2.05) is 11.4 Å². The first-order chi connectivity index (χ1) is 12.7. The van der Waals surface area contributed by atoms with Crippen molar-refractivity contribution in [3.8, 4) is 27.3 Å². The maximum Gasteiger partial charge on any atom is 0.166 e. The molecule has 0 radical (unpaired) electrons. The van der Waals surface area contributed by atoms with Crippen molar-refractivity contribution in [2.45, 2.75) is 12.8 Å². The Bertz CT molecular complexity index is 943. The van der Waals surface area contributed by atoms with Crippen LogP contribution in [0.3, 0.4) is 0 Å². The molecule has 0 saturated carbocycles. The quantitative estimate of drug-likeness (QED) is 0.633. The highest BCUT2D eigenvalue weighted by Crippen LogP contribution is 2.35. The van der Waals surface area contributed by atoms with Gasteiger partial charge in [0, 0.05) is 23.7 Å². The zero-order chi connectivity index (χ0) is 18.1. The van der Waals surface area contributed by atoms with E-state index in [9.17, 15) is 14.3 Å². The average Bonchev–Trinajstić information content (AvgIpc) is 3.36. The minimum absolute atomic E-state index is 0.0392. The molecule has 1 aliphatic rings. The smallest absolute Gasteiger partial charge is 0.166 e. The maximum absolute atomic E-state index is 13.8. The lowest BCUT2D eigenvalue weighted by atomic mass is 10.0. The summed E-state index contributed by atoms with van der Waals surface area (Å²) in [5.74, 6) is -1.39. The van der Waals surface area contributed by atoms with Crippen LogP contribution in [0.25, 0.3) is 21.6 Å². The van der Waals surface area contributed by atoms with Crippen LogP contribution in [-0.4, -0.2) is 24.5 Å². The number of nitrogens with zero attached hydrogens (tertiary/aromatic N) is 1. The molecule has 0 atom stereocenters. The minimum Gasteiger partial charge on any atom is -0.504 e. The van der Waals surface area contributed by atoms with E-state index in [0.717, 1.165) is 29.1 Å². The Hall–Kier alpha value is -2.66. The number of aromatic hydroxyl groups is 1. The number of phenols is 1. The Morgan fingerprint density at radius 2 is 1.73 bits per heavy atom. The molecule has 3 aromatic rings. The number of phenolic OH excluding ortho intramolecular Hbond substituents is 1. The Morgan fingerprint density at radius 1 is 1.00 bits per heavy atom. The van der Waals surface area contributed by atoms with Crippen LogP contribution in [0, 0.1) is 5.82 Å². The summed E-state index contributed by atoms with van der Waals surface area (Å²) in [6, 6.07) is 13.2. The number of thiophene rings is 1. The normalized spacial score (nSPS) is 14.0. The van der Waals surface area contributed by atoms with E-state index in [4.69, 9.17) is 0 Å². The molecule has 26 heavy (non-hydrogen) atoms. The van der Waals surface area contributed by atoms with Gasteiger partial charge < -0.3 is 10.0 Å². The molecular weight excluding hydrogens is 349 g/mol. The van der Waals surface area contributed by atoms with Crippen molar-refractivity contribution in [2.24, 2.45) is 0 Å². The molecule has 3 nitrogen and oxygen atoms in total. The highest BCUT2D eigenvalue weighted by molar-refractivity contribution is 7.14. The van der Waals surface area contributed by atoms with Gasteiger partial charge in [-0.3, -0.25) is 4.79 Å². The number of hydrogen-bond donors (Lipinski definition) is 1. The van der Waals surface area contributed by atoms with E-state index in [1.54, 1.807) is 11.3 Å². The van der Waals surface area contributed by atoms with Gasteiger partial charge in [-0.25, -0.2) is 4.39 Å². The van der Waals surface area contributed by atoms with Crippen molar-refractivity contribution < 1.29 is 14.3 Å². The molecule has 1 aromatic heterocycles. The standard InChI is InChI=1S/C21H18FNO2S/c22-19-10-15(9-16(12-24)21(19)25)17-11-20(26-13-17)14-3-5-18(6-4-14)23-7-1-2-8-23/h3-6,9-13,25H,1-2,7-8H2. The van der Waals surface area contributed by atoms with Crippen LogP contribution < -0.4 is 4.90 Å². The molecule has 2 aromatic carbocycles. The fraction of sp³-hybridized carbons (Fsp3) is 0.190. The Morgan fingerprint density at radius 3 is 2.42 bits per heavy atom. The second-order valence-electron chi connectivity index (χ2n) is 6.45. The Kier molecular flexibility index (Phi) is 4.47. The van der Waals surface area contributed by atoms with Crippen LogP contribution in [0.1, 0.15) is 23.2 Å². The molecule has 0 spiro atoms. The summed E-state index contributed by atoms with van der Waals surface area (Å²) < 4.78 is 13.8. The van der Waals surface area contributed by atoms with Crippen LogP contribution in [0.2, 0.25) is 0 Å². The lowest BCUT2D eigenvalue weighted by Gasteiger charge is -2.17. The summed E-state index contributed by atoms with van der Waals surface area (Å²) in [5.41, 5.74) is 3.73. The van der Waals surface area contributed by atoms with E-state index in [2.05, 4.69) is 29.2 Å². The molecule has 1 fully saturated rings. The molecule has 1 aliphatic heterocycles. The average molecular weight is 367 g/mol. The molecule has 0 unspecified atom stereocenters. The summed E-state index contributed by atoms with van der Waals surface area (Å²) in [6.07, 6.45) is 2.97. The molecule has 2 heterocycles. The van der Waals surface area contributed by atoms with Gasteiger partial charge in [0.15, 0.2) is 17.9 Å². The summed E-state index contributed by atoms with van der Waals surface area (Å²) in [6.45, 7) is 2.24. The van der Waals surface area contributed by atoms with E-state index in [-0.39, 0.29) is 5.56 Å². The number of halogens is 1. The van der Waals surface area contributed by atoms with Crippen molar-refractivity contribution >= 4 is 23.3 Å². The van der Waals surface area contributed by atoms with Crippen molar-refractivity contribution in [3.63, 3.8) is 0 Å². The topological polar surface area (TPSA) is 40.5 Å². The molecule has 1 N–H and O–H groups in total. The van der Waals surface area contributed by atoms with Crippen molar-refractivity contribution in [1.82, 2.24) is 0 Å². The summed E-state index contributed by atoms with van der Waals surface area (Å²) in [4.78, 5) is 14.5. The number of anilines is 1. The lowest BCUT2D eigenvalue weighted by molar-refractivity contribution is 0.112. The highest BCUT2D eigenvalue weighted by atomic mass is 32.1. The van der Waals surface area contributed by atoms with E-state index >= 15 is 0 Å². The van der Waals surface area contributed by atoms with Crippen LogP contribution in [0.15, 0.2) is 47.8 Å². The maximum atomic E-state index is 13.8. The van der Waals surface area contributed by atoms with Crippen LogP contribution in [0.5, 0.6) is 5.75 Å². The van der Waals surface area contributed by atoms with E-state index < -0.39 is 11.6 Å². The van der Waals surface area contributed by atoms with Crippen LogP contribution in [0.4, 0.5) is 10.1 Å². The minimum atomic E-state index is -0.785. The number of rotatable bonds is 4. The monoisotopic (exact) mass is 367 g/mol. The largest absolute Gasteiger partial charge is 0.504 e. The third-order valence-corrected chi connectivity index (χ3v) is 5.75. The van der Waals surface area contributed by atoms with Gasteiger partial charge in [0.25, 0.3) is 0 Å². The molecule has 0 aliphatic carbocycles. The van der Waals surface area contributed by atoms with Gasteiger partial charge in [-0.2, -0.15) is 0 Å². The number of aldehydes is 1. The molecular formula is C21H18FNO2S. The van der Waals surface area contributed by atoms with Crippen molar-refractivity contribution in [2.75, 3.05) is 18.0 Å². The van der Waals surface area contributed by atoms with Gasteiger partial charge in [-0.15, -0.1) is 11.3 Å². The fourth-order valence-corrected chi connectivity index (χ4v) is 4.25. The molecule has 0 amide bonds. The van der Waals surface area contributed by atoms with Gasteiger partial charge in [-0.1, -0.05) is 12.1 Å². The predicted molar refractivity (Wildman–Crippen MR) is 104 cm³/mol. The first kappa shape index (κ1) is 16.8. The SMILES string of the molecule is O=Cc1cc(-c2csc(-c3ccc(N4CCCC4)cc3)c2)cc(F)c1O. The predicted octanol–water partition coefficient (Wildman–Crippen LogP) is 5.34. The van der Waals surface area contributed by atoms with Crippen LogP contribution in [-0.2, 0) is 0 Å². The van der Waals surface area contributed by atoms with Gasteiger partial charge in [0.1, 0.15) is 0 Å². The van der Waals surface area contributed by atoms with Crippen molar-refractivity contribution in [3.05, 3.63) is 59.2 Å².